The molecule has 0 fully saturated rings. The number of carbonyl (C=O) groups is 1. The Labute approximate surface area is 92.5 Å². The first-order valence-electron chi connectivity index (χ1n) is 4.63. The second-order valence-corrected chi connectivity index (χ2v) is 4.20. The summed E-state index contributed by atoms with van der Waals surface area (Å²) in [5.41, 5.74) is 6.04. The highest BCUT2D eigenvalue weighted by molar-refractivity contribution is 7.09. The van der Waals surface area contributed by atoms with E-state index in [-0.39, 0.29) is 18.6 Å². The van der Waals surface area contributed by atoms with Gasteiger partial charge < -0.3 is 15.7 Å². The molecule has 1 rings (SSSR count). The first-order chi connectivity index (χ1) is 7.06. The summed E-state index contributed by atoms with van der Waals surface area (Å²) in [6, 6.07) is -0.153. The van der Waals surface area contributed by atoms with E-state index < -0.39 is 0 Å². The molecular formula is C9H15N3O2S. The molecule has 0 saturated carbocycles. The van der Waals surface area contributed by atoms with Crippen LogP contribution in [-0.2, 0) is 0 Å². The molecule has 15 heavy (non-hydrogen) atoms. The molecule has 0 aliphatic rings. The van der Waals surface area contributed by atoms with Crippen LogP contribution < -0.4 is 5.73 Å². The summed E-state index contributed by atoms with van der Waals surface area (Å²) >= 11 is 1.38. The number of hydrogen-bond donors (Lipinski definition) is 2. The van der Waals surface area contributed by atoms with Crippen molar-refractivity contribution in [3.63, 3.8) is 0 Å². The smallest absolute Gasteiger partial charge is 0.273 e. The number of aliphatic hydroxyl groups is 1. The van der Waals surface area contributed by atoms with Crippen LogP contribution >= 0.6 is 11.3 Å². The third kappa shape index (κ3) is 2.98. The fourth-order valence-electron chi connectivity index (χ4n) is 1.04. The maximum absolute atomic E-state index is 11.7. The molecule has 84 valence electrons. The normalized spacial score (nSPS) is 12.5. The van der Waals surface area contributed by atoms with Gasteiger partial charge in [-0.25, -0.2) is 4.98 Å². The second kappa shape index (κ2) is 5.20. The zero-order valence-electron chi connectivity index (χ0n) is 8.80. The number of aromatic nitrogens is 1. The second-order valence-electron chi connectivity index (χ2n) is 3.31. The first-order valence-corrected chi connectivity index (χ1v) is 5.51. The first kappa shape index (κ1) is 12.1. The van der Waals surface area contributed by atoms with E-state index in [1.807, 2.05) is 6.92 Å². The average Bonchev–Trinajstić information content (AvgIpc) is 2.65. The quantitative estimate of drug-likeness (QED) is 0.774. The Morgan fingerprint density at radius 3 is 2.93 bits per heavy atom. The topological polar surface area (TPSA) is 79.5 Å². The lowest BCUT2D eigenvalue weighted by Crippen LogP contribution is -2.29. The molecule has 0 aromatic carbocycles. The molecule has 0 saturated heterocycles. The summed E-state index contributed by atoms with van der Waals surface area (Å²) in [5, 5.41) is 11.1. The van der Waals surface area contributed by atoms with Crippen molar-refractivity contribution in [2.75, 3.05) is 20.2 Å². The van der Waals surface area contributed by atoms with Gasteiger partial charge in [-0.2, -0.15) is 0 Å². The molecule has 1 amide bonds. The zero-order valence-corrected chi connectivity index (χ0v) is 9.62. The molecule has 3 N–H and O–H groups in total. The van der Waals surface area contributed by atoms with E-state index in [2.05, 4.69) is 4.98 Å². The Bertz CT molecular complexity index is 338. The van der Waals surface area contributed by atoms with Crippen molar-refractivity contribution in [1.82, 2.24) is 9.88 Å². The van der Waals surface area contributed by atoms with Gasteiger partial charge in [-0.05, 0) is 6.92 Å². The zero-order chi connectivity index (χ0) is 11.4. The number of nitrogens with two attached hydrogens (primary N) is 1. The largest absolute Gasteiger partial charge is 0.395 e. The van der Waals surface area contributed by atoms with Gasteiger partial charge in [0.2, 0.25) is 0 Å². The number of hydrogen-bond acceptors (Lipinski definition) is 5. The molecule has 1 heterocycles. The Morgan fingerprint density at radius 1 is 1.80 bits per heavy atom. The standard InChI is InChI=1S/C9H15N3O2S/c1-6(10)8-11-7(5-15-8)9(14)12(2)3-4-13/h5-6,13H,3-4,10H2,1-2H3. The van der Waals surface area contributed by atoms with Crippen molar-refractivity contribution in [1.29, 1.82) is 0 Å². The van der Waals surface area contributed by atoms with Gasteiger partial charge in [0.25, 0.3) is 5.91 Å². The Hall–Kier alpha value is -0.980. The third-order valence-corrected chi connectivity index (χ3v) is 2.96. The molecule has 1 aromatic heterocycles. The van der Waals surface area contributed by atoms with Crippen molar-refractivity contribution in [2.45, 2.75) is 13.0 Å². The highest BCUT2D eigenvalue weighted by Crippen LogP contribution is 2.16. The van der Waals surface area contributed by atoms with E-state index in [1.54, 1.807) is 12.4 Å². The number of aliphatic hydroxyl groups excluding tert-OH is 1. The van der Waals surface area contributed by atoms with Crippen LogP contribution in [0, 0.1) is 0 Å². The van der Waals surface area contributed by atoms with E-state index in [4.69, 9.17) is 10.8 Å². The monoisotopic (exact) mass is 229 g/mol. The summed E-state index contributed by atoms with van der Waals surface area (Å²) in [4.78, 5) is 17.3. The van der Waals surface area contributed by atoms with Crippen molar-refractivity contribution < 1.29 is 9.90 Å². The summed E-state index contributed by atoms with van der Waals surface area (Å²) in [7, 11) is 1.63. The molecule has 6 heteroatoms. The van der Waals surface area contributed by atoms with Crippen LogP contribution in [0.5, 0.6) is 0 Å². The minimum absolute atomic E-state index is 0.0491. The lowest BCUT2D eigenvalue weighted by atomic mass is 10.3. The predicted octanol–water partition coefficient (Wildman–Crippen LogP) is 0.227. The Kier molecular flexibility index (Phi) is 4.19. The van der Waals surface area contributed by atoms with Crippen LogP contribution in [0.4, 0.5) is 0 Å². The van der Waals surface area contributed by atoms with Crippen molar-refractivity contribution in [2.24, 2.45) is 5.73 Å². The van der Waals surface area contributed by atoms with Crippen molar-refractivity contribution in [3.05, 3.63) is 16.1 Å². The molecule has 1 atom stereocenters. The van der Waals surface area contributed by atoms with Crippen molar-refractivity contribution >= 4 is 17.2 Å². The number of thiazole rings is 1. The van der Waals surface area contributed by atoms with Gasteiger partial charge in [0.1, 0.15) is 10.7 Å². The minimum Gasteiger partial charge on any atom is -0.395 e. The molecular weight excluding hydrogens is 214 g/mol. The third-order valence-electron chi connectivity index (χ3n) is 1.91. The van der Waals surface area contributed by atoms with Gasteiger partial charge in [-0.1, -0.05) is 0 Å². The number of carbonyl (C=O) groups excluding carboxylic acids is 1. The molecule has 0 spiro atoms. The number of rotatable bonds is 4. The molecule has 0 radical (unpaired) electrons. The molecule has 1 aromatic rings. The van der Waals surface area contributed by atoms with E-state index in [0.29, 0.717) is 12.2 Å². The average molecular weight is 229 g/mol. The molecule has 0 bridgehead atoms. The van der Waals surface area contributed by atoms with E-state index in [0.717, 1.165) is 5.01 Å². The van der Waals surface area contributed by atoms with Gasteiger partial charge in [-0.3, -0.25) is 4.79 Å². The number of amides is 1. The van der Waals surface area contributed by atoms with Gasteiger partial charge in [0.05, 0.1) is 12.6 Å². The molecule has 1 unspecified atom stereocenters. The summed E-state index contributed by atoms with van der Waals surface area (Å²) in [6.07, 6.45) is 0. The Balaban J connectivity index is 2.74. The number of nitrogens with zero attached hydrogens (tertiary/aromatic N) is 2. The summed E-state index contributed by atoms with van der Waals surface area (Å²) < 4.78 is 0. The van der Waals surface area contributed by atoms with Crippen LogP contribution in [0.1, 0.15) is 28.5 Å². The van der Waals surface area contributed by atoms with E-state index in [1.165, 1.54) is 16.2 Å². The highest BCUT2D eigenvalue weighted by Gasteiger charge is 2.15. The molecule has 5 nitrogen and oxygen atoms in total. The number of likely N-dealkylation sites (N-methyl/N-ethyl adjacent to an activating group) is 1. The van der Waals surface area contributed by atoms with Gasteiger partial charge >= 0.3 is 0 Å². The van der Waals surface area contributed by atoms with Crippen LogP contribution in [0.2, 0.25) is 0 Å². The van der Waals surface area contributed by atoms with Crippen LogP contribution in [0.25, 0.3) is 0 Å². The van der Waals surface area contributed by atoms with Crippen LogP contribution in [0.3, 0.4) is 0 Å². The molecule has 0 aliphatic heterocycles. The predicted molar refractivity (Wildman–Crippen MR) is 58.8 cm³/mol. The lowest BCUT2D eigenvalue weighted by molar-refractivity contribution is 0.0762. The fraction of sp³-hybridized carbons (Fsp3) is 0.556. The van der Waals surface area contributed by atoms with Crippen LogP contribution in [-0.4, -0.2) is 41.1 Å². The maximum Gasteiger partial charge on any atom is 0.273 e. The van der Waals surface area contributed by atoms with Crippen LogP contribution in [0.15, 0.2) is 5.38 Å². The van der Waals surface area contributed by atoms with Gasteiger partial charge in [0.15, 0.2) is 0 Å². The summed E-state index contributed by atoms with van der Waals surface area (Å²) in [5.74, 6) is -0.188. The van der Waals surface area contributed by atoms with E-state index >= 15 is 0 Å². The summed E-state index contributed by atoms with van der Waals surface area (Å²) in [6.45, 7) is 2.08. The van der Waals surface area contributed by atoms with Gasteiger partial charge in [-0.15, -0.1) is 11.3 Å². The molecule has 0 aliphatic carbocycles. The van der Waals surface area contributed by atoms with Crippen molar-refractivity contribution in [3.8, 4) is 0 Å². The lowest BCUT2D eigenvalue weighted by Gasteiger charge is -2.13. The SMILES string of the molecule is CC(N)c1nc(C(=O)N(C)CCO)cs1. The van der Waals surface area contributed by atoms with Gasteiger partial charge in [0, 0.05) is 19.0 Å². The van der Waals surface area contributed by atoms with E-state index in [9.17, 15) is 4.79 Å². The minimum atomic E-state index is -0.188. The Morgan fingerprint density at radius 2 is 2.47 bits per heavy atom. The maximum atomic E-state index is 11.7. The fourth-order valence-corrected chi connectivity index (χ4v) is 1.79. The highest BCUT2D eigenvalue weighted by atomic mass is 32.1.